The van der Waals surface area contributed by atoms with Crippen molar-refractivity contribution in [1.29, 1.82) is 0 Å². The molecule has 5 nitrogen and oxygen atoms in total. The minimum absolute atomic E-state index is 0.125. The Morgan fingerprint density at radius 3 is 1.61 bits per heavy atom. The summed E-state index contributed by atoms with van der Waals surface area (Å²) in [5.74, 6) is 0. The van der Waals surface area contributed by atoms with Gasteiger partial charge in [0, 0.05) is 5.54 Å². The molecule has 4 aromatic carbocycles. The third-order valence-electron chi connectivity index (χ3n) is 8.43. The molecule has 6 heteroatoms. The average Bonchev–Trinajstić information content (AvgIpc) is 3.84. The Morgan fingerprint density at radius 2 is 1.17 bits per heavy atom. The van der Waals surface area contributed by atoms with E-state index >= 15 is 0 Å². The second-order valence-corrected chi connectivity index (χ2v) is 17.1. The van der Waals surface area contributed by atoms with E-state index in [0.717, 1.165) is 25.8 Å². The standard InChI is InChI=1S/C32H29N.C8H15NO3.Ga.H/c1-5-13-27(14-6-1)21-22-31(23-28-15-7-2-8-16-28)32(24-29-17-9-3-10-18-29)26-33-25-30-19-11-4-12-20-30;1-8(2,3)9(7(10)11)4-6-5-12-6;;/h1-20,33H,21,23-25H2;6H,4-5H2,1-3H3,(H,10,11);;/t;6-;;/m.0../s1. The summed E-state index contributed by atoms with van der Waals surface area (Å²) in [7, 11) is 0. The van der Waals surface area contributed by atoms with Crippen LogP contribution < -0.4 is 5.32 Å². The van der Waals surface area contributed by atoms with Crippen molar-refractivity contribution in [3.8, 4) is 0 Å². The van der Waals surface area contributed by atoms with E-state index in [1.165, 1.54) is 27.2 Å². The summed E-state index contributed by atoms with van der Waals surface area (Å²) in [4.78, 5) is 12.2. The van der Waals surface area contributed by atoms with Gasteiger partial charge < -0.3 is 14.7 Å². The molecule has 0 aliphatic carbocycles. The Morgan fingerprint density at radius 1 is 0.739 bits per heavy atom. The van der Waals surface area contributed by atoms with Crippen molar-refractivity contribution in [2.45, 2.75) is 58.2 Å². The average molecular weight is 672 g/mol. The first-order valence-corrected chi connectivity index (χ1v) is 19.2. The number of rotatable bonds is 11. The number of nitrogens with zero attached hydrogens (tertiary/aromatic N) is 1. The van der Waals surface area contributed by atoms with E-state index in [1.807, 2.05) is 20.8 Å². The van der Waals surface area contributed by atoms with Crippen LogP contribution in [0, 0.1) is 0 Å². The first-order chi connectivity index (χ1) is 22.3. The second kappa shape index (κ2) is 16.0. The number of carboxylic acid groups (broad SMARTS) is 1. The van der Waals surface area contributed by atoms with Crippen LogP contribution in [-0.2, 0) is 30.5 Å². The molecule has 2 aliphatic rings. The van der Waals surface area contributed by atoms with Crippen molar-refractivity contribution in [2.24, 2.45) is 0 Å². The normalized spacial score (nSPS) is 15.5. The molecule has 0 bridgehead atoms. The Bertz CT molecular complexity index is 1610. The summed E-state index contributed by atoms with van der Waals surface area (Å²) in [6.45, 7) is 7.71. The van der Waals surface area contributed by atoms with Gasteiger partial charge in [0.05, 0.1) is 19.3 Å². The van der Waals surface area contributed by atoms with Crippen molar-refractivity contribution in [3.05, 3.63) is 163 Å². The molecular weight excluding hydrogens is 626 g/mol. The number of benzene rings is 4. The summed E-state index contributed by atoms with van der Waals surface area (Å²) in [5.41, 5.74) is 8.38. The summed E-state index contributed by atoms with van der Waals surface area (Å²) in [6, 6.07) is 43.8. The van der Waals surface area contributed by atoms with Gasteiger partial charge in [-0.25, -0.2) is 4.79 Å². The number of nitrogens with one attached hydrogen (secondary N) is 1. The predicted molar refractivity (Wildman–Crippen MR) is 189 cm³/mol. The van der Waals surface area contributed by atoms with Crippen molar-refractivity contribution < 1.29 is 14.6 Å². The topological polar surface area (TPSA) is 65.1 Å². The summed E-state index contributed by atoms with van der Waals surface area (Å²) >= 11 is -1.11. The van der Waals surface area contributed by atoms with Crippen LogP contribution in [0.4, 0.5) is 4.79 Å². The van der Waals surface area contributed by atoms with E-state index in [-0.39, 0.29) is 11.6 Å². The molecule has 46 heavy (non-hydrogen) atoms. The third-order valence-corrected chi connectivity index (χ3v) is 12.9. The number of carbonyl (C=O) groups is 1. The fourth-order valence-corrected chi connectivity index (χ4v) is 10.5. The van der Waals surface area contributed by atoms with E-state index in [0.29, 0.717) is 13.2 Å². The number of epoxide rings is 1. The van der Waals surface area contributed by atoms with Gasteiger partial charge in [0.1, 0.15) is 0 Å². The Balaban J connectivity index is 0.000000293. The van der Waals surface area contributed by atoms with Crippen LogP contribution in [0.2, 0.25) is 0 Å². The van der Waals surface area contributed by atoms with Gasteiger partial charge in [-0.3, -0.25) is 0 Å². The van der Waals surface area contributed by atoms with Gasteiger partial charge in [-0.15, -0.1) is 0 Å². The second-order valence-electron chi connectivity index (χ2n) is 13.1. The molecule has 6 rings (SSSR count). The van der Waals surface area contributed by atoms with Crippen molar-refractivity contribution in [3.63, 3.8) is 0 Å². The number of allylic oxidation sites excluding steroid dienone is 3. The number of amides is 1. The van der Waals surface area contributed by atoms with Gasteiger partial charge in [0.2, 0.25) is 0 Å². The van der Waals surface area contributed by atoms with Crippen molar-refractivity contribution >= 4 is 23.5 Å². The summed E-state index contributed by atoms with van der Waals surface area (Å²) in [6.07, 6.45) is 2.35. The first-order valence-electron chi connectivity index (χ1n) is 16.2. The molecule has 2 N–H and O–H groups in total. The monoisotopic (exact) mass is 670 g/mol. The van der Waals surface area contributed by atoms with E-state index < -0.39 is 23.5 Å². The van der Waals surface area contributed by atoms with Crippen LogP contribution in [0.5, 0.6) is 0 Å². The predicted octanol–water partition coefficient (Wildman–Crippen LogP) is 7.58. The summed E-state index contributed by atoms with van der Waals surface area (Å²) < 4.78 is 8.27. The molecule has 0 aromatic heterocycles. The van der Waals surface area contributed by atoms with E-state index in [2.05, 4.69) is 127 Å². The van der Waals surface area contributed by atoms with Crippen LogP contribution in [0.1, 0.15) is 43.0 Å². The zero-order valence-electron chi connectivity index (χ0n) is 27.3. The maximum absolute atomic E-state index is 10.8. The van der Waals surface area contributed by atoms with Gasteiger partial charge in [-0.2, -0.15) is 0 Å². The van der Waals surface area contributed by atoms with Crippen molar-refractivity contribution in [2.75, 3.05) is 13.2 Å². The molecule has 0 saturated carbocycles. The van der Waals surface area contributed by atoms with E-state index in [9.17, 15) is 4.79 Å². The van der Waals surface area contributed by atoms with Crippen LogP contribution in [-0.4, -0.2) is 58.3 Å². The van der Waals surface area contributed by atoms with Gasteiger partial charge in [-0.05, 0) is 20.8 Å². The van der Waals surface area contributed by atoms with Crippen LogP contribution in [0.15, 0.2) is 141 Å². The molecule has 1 atom stereocenters. The fourth-order valence-electron chi connectivity index (χ4n) is 5.87. The number of hydrogen-bond acceptors (Lipinski definition) is 3. The maximum atomic E-state index is 10.8. The van der Waals surface area contributed by atoms with Crippen LogP contribution in [0.3, 0.4) is 0 Å². The first kappa shape index (κ1) is 33.4. The van der Waals surface area contributed by atoms with Gasteiger partial charge >= 0.3 is 218 Å². The van der Waals surface area contributed by atoms with Gasteiger partial charge in [0.15, 0.2) is 0 Å². The molecule has 0 unspecified atom stereocenters. The molecule has 4 aromatic rings. The minimum atomic E-state index is -1.11. The molecule has 2 aliphatic heterocycles. The Labute approximate surface area is 281 Å². The Kier molecular flexibility index (Phi) is 11.6. The molecular formula is C40H45GaN2O3. The number of ether oxygens (including phenoxy) is 1. The van der Waals surface area contributed by atoms with Gasteiger partial charge in [-0.1, -0.05) is 0 Å². The molecule has 1 fully saturated rings. The van der Waals surface area contributed by atoms with Crippen LogP contribution >= 0.6 is 0 Å². The molecule has 2 heterocycles. The van der Waals surface area contributed by atoms with E-state index in [1.54, 1.807) is 19.5 Å². The molecule has 0 radical (unpaired) electrons. The zero-order chi connectivity index (χ0) is 32.4. The molecule has 0 spiro atoms. The quantitative estimate of drug-likeness (QED) is 0.128. The Hall–Kier alpha value is -3.97. The summed E-state index contributed by atoms with van der Waals surface area (Å²) in [5, 5.41) is 12.8. The number of hydrogen-bond donors (Lipinski definition) is 2. The van der Waals surface area contributed by atoms with E-state index in [4.69, 9.17) is 9.84 Å². The van der Waals surface area contributed by atoms with Crippen molar-refractivity contribution in [1.82, 2.24) is 10.2 Å². The van der Waals surface area contributed by atoms with Crippen LogP contribution in [0.25, 0.3) is 0 Å². The molecule has 1 amide bonds. The zero-order valence-corrected chi connectivity index (χ0v) is 30.3. The fraction of sp³-hybridized carbons (Fsp3) is 0.275. The SMILES string of the molecule is CC(C)(C)N(C[C@H]1CO1)C(=O)O.c1ccc(CN[C]2=C(Cc3ccccc3)C(Cc3ccccc3)=[C](Cc3ccccc3)[GaH]2)cc1. The molecule has 236 valence electrons. The third kappa shape index (κ3) is 10.0. The van der Waals surface area contributed by atoms with Gasteiger partial charge in [0.25, 0.3) is 0 Å². The molecule has 1 saturated heterocycles.